The minimum atomic E-state index is -1.17. The van der Waals surface area contributed by atoms with Gasteiger partial charge in [-0.25, -0.2) is 24.4 Å². The lowest BCUT2D eigenvalue weighted by Crippen LogP contribution is -2.54. The number of hydrazine groups is 1. The fourth-order valence-electron chi connectivity index (χ4n) is 3.23. The van der Waals surface area contributed by atoms with Crippen LogP contribution in [0.3, 0.4) is 0 Å². The first kappa shape index (κ1) is 24.1. The number of rotatable bonds is 6. The molecule has 3 rings (SSSR count). The summed E-state index contributed by atoms with van der Waals surface area (Å²) >= 11 is 0. The molecule has 1 fully saturated rings. The predicted octanol–water partition coefficient (Wildman–Crippen LogP) is 2.71. The van der Waals surface area contributed by atoms with Crippen LogP contribution in [-0.4, -0.2) is 79.5 Å². The number of amides is 3. The molecule has 1 saturated heterocycles. The summed E-state index contributed by atoms with van der Waals surface area (Å²) in [7, 11) is 2.88. The highest BCUT2D eigenvalue weighted by atomic mass is 16.6. The van der Waals surface area contributed by atoms with Crippen molar-refractivity contribution in [2.24, 2.45) is 0 Å². The van der Waals surface area contributed by atoms with Gasteiger partial charge in [0.05, 0.1) is 13.2 Å². The van der Waals surface area contributed by atoms with E-state index in [0.29, 0.717) is 26.3 Å². The second kappa shape index (κ2) is 11.9. The lowest BCUT2D eigenvalue weighted by Gasteiger charge is -2.35. The fraction of sp³-hybridized carbons (Fsp3) is 0.375. The summed E-state index contributed by atoms with van der Waals surface area (Å²) in [5, 5.41) is 2.20. The topological polar surface area (TPSA) is 88.6 Å². The van der Waals surface area contributed by atoms with Crippen LogP contribution >= 0.6 is 0 Å². The maximum Gasteiger partial charge on any atom is 0.429 e. The normalized spacial score (nSPS) is 14.2. The Morgan fingerprint density at radius 2 is 1.48 bits per heavy atom. The summed E-state index contributed by atoms with van der Waals surface area (Å²) in [5.74, 6) is -0.661. The lowest BCUT2D eigenvalue weighted by molar-refractivity contribution is -0.156. The van der Waals surface area contributed by atoms with Crippen LogP contribution in [0.15, 0.2) is 60.7 Å². The number of esters is 1. The van der Waals surface area contributed by atoms with Crippen LogP contribution in [0.1, 0.15) is 11.1 Å². The summed E-state index contributed by atoms with van der Waals surface area (Å²) in [6, 6.07) is 18.1. The summed E-state index contributed by atoms with van der Waals surface area (Å²) in [6.07, 6.45) is -1.86. The van der Waals surface area contributed by atoms with E-state index in [1.54, 1.807) is 4.90 Å². The first-order valence-corrected chi connectivity index (χ1v) is 10.7. The zero-order valence-corrected chi connectivity index (χ0v) is 18.9. The van der Waals surface area contributed by atoms with Gasteiger partial charge in [-0.15, -0.1) is 0 Å². The van der Waals surface area contributed by atoms with Gasteiger partial charge in [0.1, 0.15) is 6.61 Å². The minimum absolute atomic E-state index is 0.0633. The molecule has 0 aliphatic carbocycles. The summed E-state index contributed by atoms with van der Waals surface area (Å²) in [5.41, 5.74) is 1.64. The van der Waals surface area contributed by atoms with Gasteiger partial charge < -0.3 is 19.1 Å². The first-order valence-electron chi connectivity index (χ1n) is 10.7. The predicted molar refractivity (Wildman–Crippen MR) is 120 cm³/mol. The van der Waals surface area contributed by atoms with Gasteiger partial charge in [-0.05, 0) is 11.1 Å². The van der Waals surface area contributed by atoms with Crippen LogP contribution in [0.2, 0.25) is 0 Å². The highest BCUT2D eigenvalue weighted by Gasteiger charge is 2.31. The molecule has 3 amide bonds. The van der Waals surface area contributed by atoms with Crippen molar-refractivity contribution in [3.8, 4) is 0 Å². The van der Waals surface area contributed by atoms with Crippen LogP contribution in [0.4, 0.5) is 9.59 Å². The van der Waals surface area contributed by atoms with Crippen molar-refractivity contribution in [2.75, 3.05) is 40.4 Å². The molecule has 1 atom stereocenters. The molecule has 33 heavy (non-hydrogen) atoms. The van der Waals surface area contributed by atoms with Crippen molar-refractivity contribution in [3.63, 3.8) is 0 Å². The highest BCUT2D eigenvalue weighted by molar-refractivity contribution is 5.81. The molecule has 0 spiro atoms. The second-order valence-electron chi connectivity index (χ2n) is 7.58. The standard InChI is InChI=1S/C24H29N3O6/c1-25(23(29)27-13-15-31-16-14-27)26(2)24(30)33-21(17-19-9-5-3-6-10-19)22(28)32-18-20-11-7-4-8-12-20/h3-12,21H,13-18H2,1-2H3. The molecular weight excluding hydrogens is 426 g/mol. The zero-order chi connectivity index (χ0) is 23.6. The number of morpholine rings is 1. The van der Waals surface area contributed by atoms with Crippen molar-refractivity contribution in [1.29, 1.82) is 0 Å². The Labute approximate surface area is 193 Å². The third kappa shape index (κ3) is 6.95. The molecule has 0 aromatic heterocycles. The van der Waals surface area contributed by atoms with Gasteiger partial charge in [0.25, 0.3) is 0 Å². The van der Waals surface area contributed by atoms with Crippen LogP contribution in [0.5, 0.6) is 0 Å². The van der Waals surface area contributed by atoms with E-state index in [4.69, 9.17) is 14.2 Å². The van der Waals surface area contributed by atoms with Crippen LogP contribution in [0, 0.1) is 0 Å². The van der Waals surface area contributed by atoms with Crippen molar-refractivity contribution in [3.05, 3.63) is 71.8 Å². The Hall–Kier alpha value is -3.59. The molecule has 2 aromatic carbocycles. The number of nitrogens with zero attached hydrogens (tertiary/aromatic N) is 3. The van der Waals surface area contributed by atoms with E-state index in [-0.39, 0.29) is 19.1 Å². The SMILES string of the molecule is CN(C(=O)OC(Cc1ccccc1)C(=O)OCc1ccccc1)N(C)C(=O)N1CCOCC1. The van der Waals surface area contributed by atoms with Gasteiger partial charge in [0, 0.05) is 33.6 Å². The average molecular weight is 456 g/mol. The molecular formula is C24H29N3O6. The molecule has 1 unspecified atom stereocenters. The van der Waals surface area contributed by atoms with Gasteiger partial charge in [0.15, 0.2) is 0 Å². The van der Waals surface area contributed by atoms with Gasteiger partial charge in [-0.2, -0.15) is 0 Å². The van der Waals surface area contributed by atoms with Crippen molar-refractivity contribution in [2.45, 2.75) is 19.1 Å². The van der Waals surface area contributed by atoms with Crippen molar-refractivity contribution in [1.82, 2.24) is 14.9 Å². The molecule has 2 aromatic rings. The van der Waals surface area contributed by atoms with E-state index in [9.17, 15) is 14.4 Å². The Morgan fingerprint density at radius 1 is 0.909 bits per heavy atom. The summed E-state index contributed by atoms with van der Waals surface area (Å²) in [6.45, 7) is 1.83. The monoisotopic (exact) mass is 455 g/mol. The Balaban J connectivity index is 1.65. The number of ether oxygens (including phenoxy) is 3. The molecule has 0 N–H and O–H groups in total. The number of hydrogen-bond donors (Lipinski definition) is 0. The fourth-order valence-corrected chi connectivity index (χ4v) is 3.23. The first-order chi connectivity index (χ1) is 16.0. The third-order valence-corrected chi connectivity index (χ3v) is 5.27. The molecule has 1 aliphatic heterocycles. The number of carbonyl (C=O) groups is 3. The smallest absolute Gasteiger partial charge is 0.429 e. The molecule has 9 nitrogen and oxygen atoms in total. The number of urea groups is 1. The van der Waals surface area contributed by atoms with Crippen LogP contribution < -0.4 is 0 Å². The highest BCUT2D eigenvalue weighted by Crippen LogP contribution is 2.13. The zero-order valence-electron chi connectivity index (χ0n) is 18.9. The van der Waals surface area contributed by atoms with Gasteiger partial charge in [0.2, 0.25) is 6.10 Å². The third-order valence-electron chi connectivity index (χ3n) is 5.27. The molecule has 0 saturated carbocycles. The maximum atomic E-state index is 12.8. The average Bonchev–Trinajstić information content (AvgIpc) is 2.87. The lowest BCUT2D eigenvalue weighted by atomic mass is 10.1. The molecule has 0 radical (unpaired) electrons. The number of benzene rings is 2. The molecule has 1 heterocycles. The second-order valence-corrected chi connectivity index (χ2v) is 7.58. The maximum absolute atomic E-state index is 12.8. The van der Waals surface area contributed by atoms with E-state index in [1.165, 1.54) is 14.1 Å². The van der Waals surface area contributed by atoms with E-state index in [0.717, 1.165) is 21.1 Å². The Morgan fingerprint density at radius 3 is 2.09 bits per heavy atom. The van der Waals surface area contributed by atoms with Gasteiger partial charge >= 0.3 is 18.1 Å². The van der Waals surface area contributed by atoms with Crippen LogP contribution in [0.25, 0.3) is 0 Å². The summed E-state index contributed by atoms with van der Waals surface area (Å²) < 4.78 is 16.2. The van der Waals surface area contributed by atoms with E-state index < -0.39 is 18.2 Å². The van der Waals surface area contributed by atoms with Crippen molar-refractivity contribution < 1.29 is 28.6 Å². The van der Waals surface area contributed by atoms with E-state index >= 15 is 0 Å². The van der Waals surface area contributed by atoms with E-state index in [1.807, 2.05) is 60.7 Å². The Kier molecular flexibility index (Phi) is 8.65. The van der Waals surface area contributed by atoms with Crippen LogP contribution in [-0.2, 0) is 32.0 Å². The Bertz CT molecular complexity index is 918. The molecule has 1 aliphatic rings. The summed E-state index contributed by atoms with van der Waals surface area (Å²) in [4.78, 5) is 39.9. The largest absolute Gasteiger partial charge is 0.458 e. The van der Waals surface area contributed by atoms with Crippen molar-refractivity contribution >= 4 is 18.1 Å². The molecule has 9 heteroatoms. The minimum Gasteiger partial charge on any atom is -0.458 e. The van der Waals surface area contributed by atoms with Gasteiger partial charge in [-0.3, -0.25) is 0 Å². The van der Waals surface area contributed by atoms with Gasteiger partial charge in [-0.1, -0.05) is 60.7 Å². The number of carbonyl (C=O) groups excluding carboxylic acids is 3. The quantitative estimate of drug-likeness (QED) is 0.492. The number of hydrogen-bond acceptors (Lipinski definition) is 6. The van der Waals surface area contributed by atoms with E-state index in [2.05, 4.69) is 0 Å². The molecule has 0 bridgehead atoms. The molecule has 176 valence electrons.